The number of piperidine rings is 1. The number of halogens is 2. The zero-order valence-corrected chi connectivity index (χ0v) is 19.7. The van der Waals surface area contributed by atoms with Gasteiger partial charge >= 0.3 is 0 Å². The van der Waals surface area contributed by atoms with Crippen LogP contribution in [0.15, 0.2) is 76.7 Å². The molecular weight excluding hydrogens is 468 g/mol. The van der Waals surface area contributed by atoms with Gasteiger partial charge in [-0.05, 0) is 73.4 Å². The van der Waals surface area contributed by atoms with Crippen molar-refractivity contribution in [2.45, 2.75) is 30.2 Å². The number of benzene rings is 3. The Hall–Kier alpha value is -3.52. The Morgan fingerprint density at radius 1 is 0.943 bits per heavy atom. The standard InChI is InChI=1S/C27H23F2N3O2S/c28-20-9-11-21(12-10-20)32-26(34)22-13-8-18(25(33)31-14-4-1-5-15-31)16-24(22)30-27(32)35-17-19-6-2-3-7-23(19)29/h2-3,6-13,16H,1,4-5,14-15,17H2. The summed E-state index contributed by atoms with van der Waals surface area (Å²) in [5.74, 6) is -0.586. The third-order valence-electron chi connectivity index (χ3n) is 6.13. The first kappa shape index (κ1) is 23.2. The average Bonchev–Trinajstić information content (AvgIpc) is 2.89. The first-order valence-electron chi connectivity index (χ1n) is 11.5. The van der Waals surface area contributed by atoms with Gasteiger partial charge in [0.25, 0.3) is 11.5 Å². The van der Waals surface area contributed by atoms with Crippen LogP contribution in [0, 0.1) is 11.6 Å². The molecule has 2 heterocycles. The second-order valence-corrected chi connectivity index (χ2v) is 9.42. The van der Waals surface area contributed by atoms with Gasteiger partial charge in [0.15, 0.2) is 5.16 Å². The minimum absolute atomic E-state index is 0.0725. The van der Waals surface area contributed by atoms with Crippen LogP contribution < -0.4 is 5.56 Å². The molecule has 0 unspecified atom stereocenters. The van der Waals surface area contributed by atoms with E-state index < -0.39 is 5.82 Å². The zero-order chi connectivity index (χ0) is 24.4. The summed E-state index contributed by atoms with van der Waals surface area (Å²) in [6, 6.07) is 16.9. The molecular formula is C27H23F2N3O2S. The highest BCUT2D eigenvalue weighted by Gasteiger charge is 2.20. The number of hydrogen-bond acceptors (Lipinski definition) is 4. The second kappa shape index (κ2) is 10.00. The first-order valence-corrected chi connectivity index (χ1v) is 12.5. The van der Waals surface area contributed by atoms with Crippen molar-refractivity contribution in [1.29, 1.82) is 0 Å². The molecule has 35 heavy (non-hydrogen) atoms. The van der Waals surface area contributed by atoms with Crippen LogP contribution in [0.5, 0.6) is 0 Å². The molecule has 5 nitrogen and oxygen atoms in total. The Morgan fingerprint density at radius 3 is 2.43 bits per heavy atom. The van der Waals surface area contributed by atoms with Crippen LogP contribution in [0.3, 0.4) is 0 Å². The Bertz CT molecular complexity index is 1450. The van der Waals surface area contributed by atoms with Crippen molar-refractivity contribution in [3.05, 3.63) is 99.8 Å². The van der Waals surface area contributed by atoms with E-state index in [1.165, 1.54) is 46.7 Å². The van der Waals surface area contributed by atoms with Gasteiger partial charge in [-0.3, -0.25) is 14.2 Å². The molecule has 4 aromatic rings. The summed E-state index contributed by atoms with van der Waals surface area (Å²) in [5.41, 5.74) is 1.47. The molecule has 0 saturated carbocycles. The van der Waals surface area contributed by atoms with Crippen LogP contribution >= 0.6 is 11.8 Å². The molecule has 0 N–H and O–H groups in total. The van der Waals surface area contributed by atoms with Crippen molar-refractivity contribution in [3.63, 3.8) is 0 Å². The normalized spacial score (nSPS) is 13.8. The van der Waals surface area contributed by atoms with E-state index >= 15 is 0 Å². The number of amides is 1. The number of rotatable bonds is 5. The van der Waals surface area contributed by atoms with E-state index in [-0.39, 0.29) is 23.0 Å². The SMILES string of the molecule is O=C(c1ccc2c(=O)n(-c3ccc(F)cc3)c(SCc3ccccc3F)nc2c1)N1CCCCC1. The van der Waals surface area contributed by atoms with E-state index in [2.05, 4.69) is 0 Å². The highest BCUT2D eigenvalue weighted by molar-refractivity contribution is 7.98. The summed E-state index contributed by atoms with van der Waals surface area (Å²) in [6.45, 7) is 1.44. The number of nitrogens with zero attached hydrogens (tertiary/aromatic N) is 3. The lowest BCUT2D eigenvalue weighted by atomic mass is 10.1. The monoisotopic (exact) mass is 491 g/mol. The van der Waals surface area contributed by atoms with Crippen LogP contribution in [-0.4, -0.2) is 33.4 Å². The number of fused-ring (bicyclic) bond motifs is 1. The fraction of sp³-hybridized carbons (Fsp3) is 0.222. The highest BCUT2D eigenvalue weighted by Crippen LogP contribution is 2.26. The van der Waals surface area contributed by atoms with Crippen LogP contribution in [0.1, 0.15) is 35.2 Å². The smallest absolute Gasteiger partial charge is 0.266 e. The molecule has 0 radical (unpaired) electrons. The molecule has 0 bridgehead atoms. The van der Waals surface area contributed by atoms with Crippen LogP contribution in [0.25, 0.3) is 16.6 Å². The highest BCUT2D eigenvalue weighted by atomic mass is 32.2. The summed E-state index contributed by atoms with van der Waals surface area (Å²) in [5, 5.41) is 0.680. The summed E-state index contributed by atoms with van der Waals surface area (Å²) >= 11 is 1.21. The second-order valence-electron chi connectivity index (χ2n) is 8.48. The first-order chi connectivity index (χ1) is 17.0. The lowest BCUT2D eigenvalue weighted by Gasteiger charge is -2.26. The maximum atomic E-state index is 14.2. The molecule has 1 amide bonds. The lowest BCUT2D eigenvalue weighted by molar-refractivity contribution is 0.0724. The van der Waals surface area contributed by atoms with Gasteiger partial charge in [-0.25, -0.2) is 13.8 Å². The van der Waals surface area contributed by atoms with Gasteiger partial charge in [0.05, 0.1) is 16.6 Å². The maximum Gasteiger partial charge on any atom is 0.266 e. The Morgan fingerprint density at radius 2 is 1.69 bits per heavy atom. The summed E-state index contributed by atoms with van der Waals surface area (Å²) in [4.78, 5) is 33.1. The van der Waals surface area contributed by atoms with Crippen molar-refractivity contribution in [3.8, 4) is 5.69 Å². The summed E-state index contributed by atoms with van der Waals surface area (Å²) < 4.78 is 29.2. The van der Waals surface area contributed by atoms with Crippen molar-refractivity contribution in [1.82, 2.24) is 14.5 Å². The van der Waals surface area contributed by atoms with E-state index in [4.69, 9.17) is 4.98 Å². The third kappa shape index (κ3) is 4.84. The molecule has 0 spiro atoms. The van der Waals surface area contributed by atoms with Crippen LogP contribution in [-0.2, 0) is 5.75 Å². The average molecular weight is 492 g/mol. The number of carbonyl (C=O) groups is 1. The minimum atomic E-state index is -0.419. The lowest BCUT2D eigenvalue weighted by Crippen LogP contribution is -2.35. The molecule has 0 atom stereocenters. The molecule has 1 fully saturated rings. The molecule has 178 valence electrons. The number of aromatic nitrogens is 2. The number of thioether (sulfide) groups is 1. The zero-order valence-electron chi connectivity index (χ0n) is 18.9. The molecule has 0 aliphatic carbocycles. The Kier molecular flexibility index (Phi) is 6.63. The minimum Gasteiger partial charge on any atom is -0.339 e. The third-order valence-corrected chi connectivity index (χ3v) is 7.12. The van der Waals surface area contributed by atoms with Gasteiger partial charge in [0.1, 0.15) is 11.6 Å². The molecule has 5 rings (SSSR count). The van der Waals surface area contributed by atoms with Crippen LogP contribution in [0.2, 0.25) is 0 Å². The summed E-state index contributed by atoms with van der Waals surface area (Å²) in [7, 11) is 0. The molecule has 8 heteroatoms. The van der Waals surface area contributed by atoms with E-state index in [0.717, 1.165) is 32.4 Å². The van der Waals surface area contributed by atoms with Crippen molar-refractivity contribution in [2.75, 3.05) is 13.1 Å². The topological polar surface area (TPSA) is 55.2 Å². The van der Waals surface area contributed by atoms with Crippen LogP contribution in [0.4, 0.5) is 8.78 Å². The van der Waals surface area contributed by atoms with Gasteiger partial charge in [-0.1, -0.05) is 30.0 Å². The molecule has 1 saturated heterocycles. The van der Waals surface area contributed by atoms with Gasteiger partial charge in [-0.2, -0.15) is 0 Å². The van der Waals surface area contributed by atoms with Gasteiger partial charge in [-0.15, -0.1) is 0 Å². The number of hydrogen-bond donors (Lipinski definition) is 0. The number of carbonyl (C=O) groups excluding carboxylic acids is 1. The quantitative estimate of drug-likeness (QED) is 0.270. The molecule has 1 aliphatic heterocycles. The van der Waals surface area contributed by atoms with Gasteiger partial charge in [0.2, 0.25) is 0 Å². The maximum absolute atomic E-state index is 14.2. The van der Waals surface area contributed by atoms with E-state index in [1.807, 2.05) is 4.90 Å². The fourth-order valence-corrected chi connectivity index (χ4v) is 5.25. The molecule has 3 aromatic carbocycles. The van der Waals surface area contributed by atoms with Gasteiger partial charge in [0, 0.05) is 24.4 Å². The van der Waals surface area contributed by atoms with E-state index in [9.17, 15) is 18.4 Å². The van der Waals surface area contributed by atoms with Crippen molar-refractivity contribution in [2.24, 2.45) is 0 Å². The predicted molar refractivity (Wildman–Crippen MR) is 133 cm³/mol. The number of likely N-dealkylation sites (tertiary alicyclic amines) is 1. The fourth-order valence-electron chi connectivity index (χ4n) is 4.25. The predicted octanol–water partition coefficient (Wildman–Crippen LogP) is 5.58. The van der Waals surface area contributed by atoms with E-state index in [1.54, 1.807) is 36.4 Å². The van der Waals surface area contributed by atoms with Crippen molar-refractivity contribution < 1.29 is 13.6 Å². The molecule has 1 aromatic heterocycles. The Balaban J connectivity index is 1.59. The van der Waals surface area contributed by atoms with Crippen molar-refractivity contribution >= 4 is 28.6 Å². The van der Waals surface area contributed by atoms with E-state index in [0.29, 0.717) is 32.9 Å². The largest absolute Gasteiger partial charge is 0.339 e. The summed E-state index contributed by atoms with van der Waals surface area (Å²) in [6.07, 6.45) is 3.09. The van der Waals surface area contributed by atoms with Gasteiger partial charge < -0.3 is 4.90 Å². The molecule has 1 aliphatic rings. The Labute approximate surface area is 205 Å².